The van der Waals surface area contributed by atoms with Gasteiger partial charge in [-0.1, -0.05) is 6.07 Å². The summed E-state index contributed by atoms with van der Waals surface area (Å²) in [5.74, 6) is -0.0928. The van der Waals surface area contributed by atoms with Gasteiger partial charge in [0.25, 0.3) is 11.8 Å². The number of amides is 2. The fraction of sp³-hybridized carbons (Fsp3) is 0.600. The summed E-state index contributed by atoms with van der Waals surface area (Å²) in [5.41, 5.74) is 0.395. The lowest BCUT2D eigenvalue weighted by Crippen LogP contribution is -2.58. The first-order chi connectivity index (χ1) is 12.6. The molecule has 3 fully saturated rings. The quantitative estimate of drug-likeness (QED) is 0.814. The van der Waals surface area contributed by atoms with Crippen LogP contribution in [0.1, 0.15) is 42.5 Å². The van der Waals surface area contributed by atoms with Crippen molar-refractivity contribution in [3.05, 3.63) is 35.6 Å². The van der Waals surface area contributed by atoms with E-state index in [9.17, 15) is 14.0 Å². The van der Waals surface area contributed by atoms with E-state index in [1.807, 2.05) is 9.80 Å². The van der Waals surface area contributed by atoms with Crippen LogP contribution in [0.2, 0.25) is 0 Å². The predicted octanol–water partition coefficient (Wildman–Crippen LogP) is 2.46. The van der Waals surface area contributed by atoms with Crippen molar-refractivity contribution in [2.75, 3.05) is 26.2 Å². The molecule has 2 amide bonds. The highest BCUT2D eigenvalue weighted by Gasteiger charge is 2.41. The van der Waals surface area contributed by atoms with E-state index in [0.29, 0.717) is 31.2 Å². The molecule has 3 heterocycles. The van der Waals surface area contributed by atoms with Gasteiger partial charge in [-0.05, 0) is 56.2 Å². The minimum atomic E-state index is -0.392. The Hall–Kier alpha value is -1.95. The first kappa shape index (κ1) is 17.5. The van der Waals surface area contributed by atoms with Crippen LogP contribution in [0.5, 0.6) is 0 Å². The van der Waals surface area contributed by atoms with Gasteiger partial charge < -0.3 is 14.5 Å². The third kappa shape index (κ3) is 3.34. The summed E-state index contributed by atoms with van der Waals surface area (Å²) in [5, 5.41) is 0. The van der Waals surface area contributed by atoms with Crippen LogP contribution >= 0.6 is 0 Å². The number of likely N-dealkylation sites (tertiary alicyclic amines) is 2. The van der Waals surface area contributed by atoms with Crippen molar-refractivity contribution in [3.63, 3.8) is 0 Å². The molecule has 0 radical (unpaired) electrons. The van der Waals surface area contributed by atoms with E-state index in [1.54, 1.807) is 12.1 Å². The van der Waals surface area contributed by atoms with Gasteiger partial charge in [0.2, 0.25) is 0 Å². The van der Waals surface area contributed by atoms with Gasteiger partial charge in [-0.2, -0.15) is 0 Å². The Morgan fingerprint density at radius 3 is 2.77 bits per heavy atom. The molecule has 0 aromatic heterocycles. The summed E-state index contributed by atoms with van der Waals surface area (Å²) in [4.78, 5) is 29.3. The average molecular weight is 360 g/mol. The topological polar surface area (TPSA) is 49.9 Å². The maximum absolute atomic E-state index is 13.4. The molecule has 0 N–H and O–H groups in total. The SMILES string of the molecule is O=C(c1cccc(F)c1)N1CC[C@H]2[C@H](CCCN2C(=O)[C@@H]2CCCO2)C1. The van der Waals surface area contributed by atoms with Crippen molar-refractivity contribution in [1.29, 1.82) is 0 Å². The lowest BCUT2D eigenvalue weighted by molar-refractivity contribution is -0.147. The highest BCUT2D eigenvalue weighted by Crippen LogP contribution is 2.32. The second-order valence-corrected chi connectivity index (χ2v) is 7.55. The molecular formula is C20H25FN2O3. The lowest BCUT2D eigenvalue weighted by atomic mass is 9.83. The van der Waals surface area contributed by atoms with Crippen molar-refractivity contribution < 1.29 is 18.7 Å². The van der Waals surface area contributed by atoms with Gasteiger partial charge in [-0.25, -0.2) is 4.39 Å². The standard InChI is InChI=1S/C20H25FN2O3/c21-16-6-1-4-14(12-16)19(24)22-10-8-17-15(13-22)5-2-9-23(17)20(25)18-7-3-11-26-18/h1,4,6,12,15,17-18H,2-3,5,7-11,13H2/t15-,17+,18+/m1/s1. The summed E-state index contributed by atoms with van der Waals surface area (Å²) in [6.07, 6.45) is 4.25. The van der Waals surface area contributed by atoms with Crippen molar-refractivity contribution in [1.82, 2.24) is 9.80 Å². The molecule has 1 aromatic carbocycles. The van der Waals surface area contributed by atoms with Crippen LogP contribution in [-0.4, -0.2) is 60.0 Å². The van der Waals surface area contributed by atoms with Crippen molar-refractivity contribution in [2.45, 2.75) is 44.2 Å². The molecule has 0 saturated carbocycles. The Bertz CT molecular complexity index is 689. The van der Waals surface area contributed by atoms with Crippen LogP contribution in [0.3, 0.4) is 0 Å². The van der Waals surface area contributed by atoms with E-state index in [0.717, 1.165) is 38.6 Å². The molecule has 0 spiro atoms. The number of nitrogens with zero attached hydrogens (tertiary/aromatic N) is 2. The van der Waals surface area contributed by atoms with Crippen molar-refractivity contribution in [3.8, 4) is 0 Å². The lowest BCUT2D eigenvalue weighted by Gasteiger charge is -2.47. The van der Waals surface area contributed by atoms with Crippen LogP contribution in [0.25, 0.3) is 0 Å². The first-order valence-electron chi connectivity index (χ1n) is 9.60. The summed E-state index contributed by atoms with van der Waals surface area (Å²) < 4.78 is 19.0. The van der Waals surface area contributed by atoms with Gasteiger partial charge in [0.05, 0.1) is 0 Å². The zero-order chi connectivity index (χ0) is 18.1. The molecule has 3 atom stereocenters. The Kier molecular flexibility index (Phi) is 4.94. The molecule has 0 unspecified atom stereocenters. The summed E-state index contributed by atoms with van der Waals surface area (Å²) >= 11 is 0. The van der Waals surface area contributed by atoms with Crippen molar-refractivity contribution >= 4 is 11.8 Å². The number of ether oxygens (including phenoxy) is 1. The fourth-order valence-electron chi connectivity index (χ4n) is 4.62. The van der Waals surface area contributed by atoms with Gasteiger partial charge in [0, 0.05) is 37.8 Å². The molecule has 3 aliphatic rings. The smallest absolute Gasteiger partial charge is 0.253 e. The van der Waals surface area contributed by atoms with Crippen LogP contribution in [0.4, 0.5) is 4.39 Å². The van der Waals surface area contributed by atoms with E-state index >= 15 is 0 Å². The molecule has 6 heteroatoms. The Balaban J connectivity index is 1.44. The average Bonchev–Trinajstić information content (AvgIpc) is 3.20. The summed E-state index contributed by atoms with van der Waals surface area (Å²) in [7, 11) is 0. The highest BCUT2D eigenvalue weighted by molar-refractivity contribution is 5.94. The van der Waals surface area contributed by atoms with E-state index in [-0.39, 0.29) is 24.0 Å². The Morgan fingerprint density at radius 2 is 2.00 bits per heavy atom. The predicted molar refractivity (Wildman–Crippen MR) is 94.1 cm³/mol. The minimum absolute atomic E-state index is 0.120. The van der Waals surface area contributed by atoms with E-state index < -0.39 is 5.82 Å². The van der Waals surface area contributed by atoms with Gasteiger partial charge >= 0.3 is 0 Å². The monoisotopic (exact) mass is 360 g/mol. The summed E-state index contributed by atoms with van der Waals surface area (Å²) in [6.45, 7) is 2.70. The molecule has 0 aliphatic carbocycles. The second kappa shape index (κ2) is 7.35. The molecular weight excluding hydrogens is 335 g/mol. The van der Waals surface area contributed by atoms with Gasteiger partial charge in [0.15, 0.2) is 0 Å². The fourth-order valence-corrected chi connectivity index (χ4v) is 4.62. The van der Waals surface area contributed by atoms with Crippen LogP contribution in [0, 0.1) is 11.7 Å². The number of benzene rings is 1. The molecule has 4 rings (SSSR count). The van der Waals surface area contributed by atoms with Crippen LogP contribution < -0.4 is 0 Å². The van der Waals surface area contributed by atoms with E-state index in [1.165, 1.54) is 12.1 Å². The number of piperidine rings is 2. The third-order valence-corrected chi connectivity index (χ3v) is 5.92. The number of carbonyl (C=O) groups excluding carboxylic acids is 2. The molecule has 3 saturated heterocycles. The molecule has 3 aliphatic heterocycles. The molecule has 140 valence electrons. The zero-order valence-corrected chi connectivity index (χ0v) is 14.9. The first-order valence-corrected chi connectivity index (χ1v) is 9.60. The number of carbonyl (C=O) groups is 2. The maximum atomic E-state index is 13.4. The summed E-state index contributed by atoms with van der Waals surface area (Å²) in [6, 6.07) is 6.06. The maximum Gasteiger partial charge on any atom is 0.253 e. The third-order valence-electron chi connectivity index (χ3n) is 5.92. The number of fused-ring (bicyclic) bond motifs is 1. The zero-order valence-electron chi connectivity index (χ0n) is 14.9. The number of halogens is 1. The Labute approximate surface area is 153 Å². The highest BCUT2D eigenvalue weighted by atomic mass is 19.1. The molecule has 1 aromatic rings. The largest absolute Gasteiger partial charge is 0.368 e. The normalized spacial score (nSPS) is 28.7. The number of hydrogen-bond acceptors (Lipinski definition) is 3. The second-order valence-electron chi connectivity index (χ2n) is 7.55. The molecule has 0 bridgehead atoms. The molecule has 26 heavy (non-hydrogen) atoms. The van der Waals surface area contributed by atoms with Crippen LogP contribution in [-0.2, 0) is 9.53 Å². The van der Waals surface area contributed by atoms with Gasteiger partial charge in [-0.15, -0.1) is 0 Å². The van der Waals surface area contributed by atoms with E-state index in [2.05, 4.69) is 0 Å². The number of rotatable bonds is 2. The van der Waals surface area contributed by atoms with Gasteiger partial charge in [0.1, 0.15) is 11.9 Å². The van der Waals surface area contributed by atoms with Crippen molar-refractivity contribution in [2.24, 2.45) is 5.92 Å². The number of hydrogen-bond donors (Lipinski definition) is 0. The van der Waals surface area contributed by atoms with Crippen LogP contribution in [0.15, 0.2) is 24.3 Å². The van der Waals surface area contributed by atoms with Gasteiger partial charge in [-0.3, -0.25) is 9.59 Å². The van der Waals surface area contributed by atoms with E-state index in [4.69, 9.17) is 4.74 Å². The minimum Gasteiger partial charge on any atom is -0.368 e. The molecule has 5 nitrogen and oxygen atoms in total. The Morgan fingerprint density at radius 1 is 1.12 bits per heavy atom.